The van der Waals surface area contributed by atoms with E-state index in [4.69, 9.17) is 5.11 Å². The molecule has 0 bridgehead atoms. The summed E-state index contributed by atoms with van der Waals surface area (Å²) in [5.74, 6) is -0.911. The van der Waals surface area contributed by atoms with E-state index in [0.717, 1.165) is 0 Å². The average molecular weight is 190 g/mol. The minimum Gasteiger partial charge on any atom is -0.469 e. The molecule has 0 aromatic rings. The van der Waals surface area contributed by atoms with E-state index in [-0.39, 0.29) is 12.6 Å². The van der Waals surface area contributed by atoms with Crippen LogP contribution in [-0.4, -0.2) is 37.4 Å². The van der Waals surface area contributed by atoms with Crippen LogP contribution < -0.4 is 0 Å². The molecule has 0 aliphatic heterocycles. The first-order valence-corrected chi connectivity index (χ1v) is 4.04. The first-order chi connectivity index (χ1) is 6.20. The first kappa shape index (κ1) is 11.9. The van der Waals surface area contributed by atoms with Crippen molar-refractivity contribution in [2.75, 3.05) is 20.3 Å². The predicted octanol–water partition coefficient (Wildman–Crippen LogP) is -0.135. The number of carbonyl (C=O) groups excluding carboxylic acids is 2. The molecule has 0 amide bonds. The smallest absolute Gasteiger partial charge is 0.331 e. The Labute approximate surface area is 76.6 Å². The van der Waals surface area contributed by atoms with Gasteiger partial charge in [0.2, 0.25) is 0 Å². The summed E-state index contributed by atoms with van der Waals surface area (Å²) < 4.78 is 8.98. The maximum Gasteiger partial charge on any atom is 0.331 e. The molecule has 76 valence electrons. The Morgan fingerprint density at radius 2 is 1.92 bits per heavy atom. The van der Waals surface area contributed by atoms with Crippen molar-refractivity contribution >= 4 is 11.9 Å². The van der Waals surface area contributed by atoms with Crippen LogP contribution in [0.5, 0.6) is 0 Å². The Kier molecular flexibility index (Phi) is 6.91. The summed E-state index contributed by atoms with van der Waals surface area (Å²) in [5, 5.41) is 8.27. The quantitative estimate of drug-likeness (QED) is 0.466. The lowest BCUT2D eigenvalue weighted by Gasteiger charge is -2.01. The van der Waals surface area contributed by atoms with Crippen LogP contribution in [0.15, 0.2) is 0 Å². The van der Waals surface area contributed by atoms with Crippen LogP contribution in [-0.2, 0) is 19.1 Å². The SMILES string of the molecule is COC(=O)CCCCOC(=O)CO. The van der Waals surface area contributed by atoms with Crippen LogP contribution in [0.25, 0.3) is 0 Å². The van der Waals surface area contributed by atoms with E-state index in [9.17, 15) is 9.59 Å². The van der Waals surface area contributed by atoms with E-state index in [1.54, 1.807) is 0 Å². The summed E-state index contributed by atoms with van der Waals surface area (Å²) in [5.41, 5.74) is 0. The molecule has 0 unspecified atom stereocenters. The average Bonchev–Trinajstić information content (AvgIpc) is 2.16. The van der Waals surface area contributed by atoms with Crippen molar-refractivity contribution in [3.63, 3.8) is 0 Å². The van der Waals surface area contributed by atoms with Crippen LogP contribution >= 0.6 is 0 Å². The van der Waals surface area contributed by atoms with Gasteiger partial charge in [0, 0.05) is 6.42 Å². The van der Waals surface area contributed by atoms with Gasteiger partial charge >= 0.3 is 11.9 Å². The number of rotatable bonds is 6. The monoisotopic (exact) mass is 190 g/mol. The summed E-state index contributed by atoms with van der Waals surface area (Å²) in [6.07, 6.45) is 1.54. The second-order valence-corrected chi connectivity index (χ2v) is 2.41. The largest absolute Gasteiger partial charge is 0.469 e. The molecule has 0 spiro atoms. The van der Waals surface area contributed by atoms with Crippen molar-refractivity contribution in [1.29, 1.82) is 0 Å². The number of aliphatic hydroxyl groups excluding tert-OH is 1. The fourth-order valence-corrected chi connectivity index (χ4v) is 0.705. The highest BCUT2D eigenvalue weighted by molar-refractivity contribution is 5.70. The molecular formula is C8H14O5. The normalized spacial score (nSPS) is 9.38. The maximum atomic E-state index is 10.6. The molecule has 0 radical (unpaired) electrons. The highest BCUT2D eigenvalue weighted by atomic mass is 16.5. The van der Waals surface area contributed by atoms with E-state index in [2.05, 4.69) is 9.47 Å². The maximum absolute atomic E-state index is 10.6. The number of esters is 2. The molecule has 0 heterocycles. The molecule has 0 atom stereocenters. The lowest BCUT2D eigenvalue weighted by Crippen LogP contribution is -2.10. The van der Waals surface area contributed by atoms with Gasteiger partial charge < -0.3 is 14.6 Å². The van der Waals surface area contributed by atoms with Gasteiger partial charge in [-0.3, -0.25) is 4.79 Å². The van der Waals surface area contributed by atoms with Crippen molar-refractivity contribution in [1.82, 2.24) is 0 Å². The van der Waals surface area contributed by atoms with Gasteiger partial charge in [0.15, 0.2) is 0 Å². The van der Waals surface area contributed by atoms with Crippen LogP contribution in [0.4, 0.5) is 0 Å². The Hall–Kier alpha value is -1.10. The highest BCUT2D eigenvalue weighted by Gasteiger charge is 2.01. The van der Waals surface area contributed by atoms with Gasteiger partial charge in [-0.15, -0.1) is 0 Å². The molecule has 5 nitrogen and oxygen atoms in total. The van der Waals surface area contributed by atoms with Crippen LogP contribution in [0, 0.1) is 0 Å². The van der Waals surface area contributed by atoms with Gasteiger partial charge in [-0.2, -0.15) is 0 Å². The van der Waals surface area contributed by atoms with E-state index in [1.807, 2.05) is 0 Å². The molecule has 0 aromatic heterocycles. The van der Waals surface area contributed by atoms with Gasteiger partial charge in [0.25, 0.3) is 0 Å². The van der Waals surface area contributed by atoms with E-state index >= 15 is 0 Å². The van der Waals surface area contributed by atoms with Gasteiger partial charge in [-0.05, 0) is 12.8 Å². The van der Waals surface area contributed by atoms with Crippen molar-refractivity contribution in [2.24, 2.45) is 0 Å². The van der Waals surface area contributed by atoms with Crippen molar-refractivity contribution in [2.45, 2.75) is 19.3 Å². The number of ether oxygens (including phenoxy) is 2. The third kappa shape index (κ3) is 7.27. The molecule has 13 heavy (non-hydrogen) atoms. The lowest BCUT2D eigenvalue weighted by molar-refractivity contribution is -0.147. The molecule has 0 aliphatic carbocycles. The predicted molar refractivity (Wildman–Crippen MR) is 43.9 cm³/mol. The Morgan fingerprint density at radius 3 is 2.46 bits per heavy atom. The topological polar surface area (TPSA) is 72.8 Å². The number of unbranched alkanes of at least 4 members (excludes halogenated alkanes) is 1. The molecule has 0 aliphatic rings. The summed E-state index contributed by atoms with van der Waals surface area (Å²) in [7, 11) is 1.33. The van der Waals surface area contributed by atoms with E-state index < -0.39 is 12.6 Å². The number of hydrogen-bond donors (Lipinski definition) is 1. The van der Waals surface area contributed by atoms with Crippen molar-refractivity contribution in [3.05, 3.63) is 0 Å². The standard InChI is InChI=1S/C8H14O5/c1-12-7(10)4-2-3-5-13-8(11)6-9/h9H,2-6H2,1H3. The third-order valence-corrected chi connectivity index (χ3v) is 1.40. The molecule has 0 rings (SSSR count). The van der Waals surface area contributed by atoms with Crippen LogP contribution in [0.2, 0.25) is 0 Å². The van der Waals surface area contributed by atoms with Gasteiger partial charge in [-0.25, -0.2) is 4.79 Å². The number of hydrogen-bond acceptors (Lipinski definition) is 5. The third-order valence-electron chi connectivity index (χ3n) is 1.40. The minimum absolute atomic E-state index is 0.233. The summed E-state index contributed by atoms with van der Waals surface area (Å²) in [6.45, 7) is -0.368. The van der Waals surface area contributed by atoms with E-state index in [0.29, 0.717) is 19.3 Å². The number of methoxy groups -OCH3 is 1. The van der Waals surface area contributed by atoms with Gasteiger partial charge in [-0.1, -0.05) is 0 Å². The molecule has 5 heteroatoms. The fraction of sp³-hybridized carbons (Fsp3) is 0.750. The molecular weight excluding hydrogens is 176 g/mol. The minimum atomic E-state index is -0.641. The molecule has 1 N–H and O–H groups in total. The first-order valence-electron chi connectivity index (χ1n) is 4.04. The van der Waals surface area contributed by atoms with Gasteiger partial charge in [0.1, 0.15) is 6.61 Å². The van der Waals surface area contributed by atoms with E-state index in [1.165, 1.54) is 7.11 Å². The van der Waals surface area contributed by atoms with Crippen LogP contribution in [0.1, 0.15) is 19.3 Å². The Morgan fingerprint density at radius 1 is 1.23 bits per heavy atom. The number of carbonyl (C=O) groups is 2. The second kappa shape index (κ2) is 7.54. The number of aliphatic hydroxyl groups is 1. The molecule has 0 saturated heterocycles. The van der Waals surface area contributed by atoms with Crippen molar-refractivity contribution in [3.8, 4) is 0 Å². The van der Waals surface area contributed by atoms with Crippen molar-refractivity contribution < 1.29 is 24.2 Å². The molecule has 0 aromatic carbocycles. The zero-order valence-electron chi connectivity index (χ0n) is 7.62. The van der Waals surface area contributed by atoms with Gasteiger partial charge in [0.05, 0.1) is 13.7 Å². The summed E-state index contributed by atoms with van der Waals surface area (Å²) >= 11 is 0. The molecule has 0 saturated carbocycles. The zero-order chi connectivity index (χ0) is 10.1. The zero-order valence-corrected chi connectivity index (χ0v) is 7.62. The lowest BCUT2D eigenvalue weighted by atomic mass is 10.2. The van der Waals surface area contributed by atoms with Crippen LogP contribution in [0.3, 0.4) is 0 Å². The highest BCUT2D eigenvalue weighted by Crippen LogP contribution is 1.97. The fourth-order valence-electron chi connectivity index (χ4n) is 0.705. The Balaban J connectivity index is 3.17. The summed E-state index contributed by atoms with van der Waals surface area (Å²) in [4.78, 5) is 21.0. The summed E-state index contributed by atoms with van der Waals surface area (Å²) in [6, 6.07) is 0. The second-order valence-electron chi connectivity index (χ2n) is 2.41. The molecule has 0 fully saturated rings. The Bertz CT molecular complexity index is 148.